The first-order chi connectivity index (χ1) is 11.1. The van der Waals surface area contributed by atoms with E-state index in [9.17, 15) is 4.79 Å². The van der Waals surface area contributed by atoms with E-state index in [1.807, 2.05) is 17.9 Å². The van der Waals surface area contributed by atoms with Gasteiger partial charge >= 0.3 is 0 Å². The molecule has 7 heteroatoms. The number of anilines is 1. The minimum absolute atomic E-state index is 0.0366. The number of hydrogen-bond donors (Lipinski definition) is 0. The Labute approximate surface area is 140 Å². The van der Waals surface area contributed by atoms with E-state index in [0.717, 1.165) is 25.2 Å². The van der Waals surface area contributed by atoms with Crippen LogP contribution in [0.25, 0.3) is 0 Å². The lowest BCUT2D eigenvalue weighted by Gasteiger charge is -2.22. The number of nitrogens with zero attached hydrogens (tertiary/aromatic N) is 5. The van der Waals surface area contributed by atoms with E-state index in [4.69, 9.17) is 11.6 Å². The molecule has 0 aliphatic carbocycles. The summed E-state index contributed by atoms with van der Waals surface area (Å²) in [5.41, 5.74) is 1.43. The van der Waals surface area contributed by atoms with Crippen molar-refractivity contribution in [3.8, 4) is 0 Å². The largest absolute Gasteiger partial charge is 0.339 e. The number of pyridine rings is 1. The molecule has 0 spiro atoms. The van der Waals surface area contributed by atoms with Crippen LogP contribution in [0.3, 0.4) is 0 Å². The van der Waals surface area contributed by atoms with Crippen molar-refractivity contribution in [1.29, 1.82) is 0 Å². The summed E-state index contributed by atoms with van der Waals surface area (Å²) in [5, 5.41) is 0.521. The number of aryl methyl sites for hydroxylation is 1. The van der Waals surface area contributed by atoms with Crippen molar-refractivity contribution in [3.05, 3.63) is 47.0 Å². The van der Waals surface area contributed by atoms with Crippen LogP contribution >= 0.6 is 11.6 Å². The molecule has 23 heavy (non-hydrogen) atoms. The van der Waals surface area contributed by atoms with Crippen LogP contribution in [-0.2, 0) is 0 Å². The fraction of sp³-hybridized carbons (Fsp3) is 0.375. The quantitative estimate of drug-likeness (QED) is 0.844. The van der Waals surface area contributed by atoms with Gasteiger partial charge in [-0.2, -0.15) is 0 Å². The van der Waals surface area contributed by atoms with Gasteiger partial charge in [0, 0.05) is 38.1 Å². The van der Waals surface area contributed by atoms with E-state index in [1.165, 1.54) is 0 Å². The Morgan fingerprint density at radius 3 is 2.65 bits per heavy atom. The maximum Gasteiger partial charge on any atom is 0.255 e. The van der Waals surface area contributed by atoms with Crippen molar-refractivity contribution >= 4 is 23.5 Å². The summed E-state index contributed by atoms with van der Waals surface area (Å²) >= 11 is 5.83. The molecule has 0 bridgehead atoms. The summed E-state index contributed by atoms with van der Waals surface area (Å²) in [5.74, 6) is 0.690. The van der Waals surface area contributed by atoms with Crippen LogP contribution in [0.5, 0.6) is 0 Å². The van der Waals surface area contributed by atoms with Gasteiger partial charge in [-0.15, -0.1) is 0 Å². The maximum atomic E-state index is 12.7. The van der Waals surface area contributed by atoms with Crippen LogP contribution in [0.4, 0.5) is 5.95 Å². The predicted molar refractivity (Wildman–Crippen MR) is 88.7 cm³/mol. The molecule has 0 N–H and O–H groups in total. The smallest absolute Gasteiger partial charge is 0.255 e. The highest BCUT2D eigenvalue weighted by Gasteiger charge is 2.22. The highest BCUT2D eigenvalue weighted by atomic mass is 35.5. The lowest BCUT2D eigenvalue weighted by molar-refractivity contribution is 0.0765. The second kappa shape index (κ2) is 6.91. The summed E-state index contributed by atoms with van der Waals surface area (Å²) in [6, 6.07) is 3.63. The van der Waals surface area contributed by atoms with Gasteiger partial charge in [-0.25, -0.2) is 9.97 Å². The molecule has 3 rings (SSSR count). The molecule has 3 heterocycles. The Kier molecular flexibility index (Phi) is 4.71. The number of rotatable bonds is 2. The Morgan fingerprint density at radius 2 is 1.91 bits per heavy atom. The van der Waals surface area contributed by atoms with E-state index in [-0.39, 0.29) is 5.91 Å². The zero-order chi connectivity index (χ0) is 16.2. The van der Waals surface area contributed by atoms with Crippen molar-refractivity contribution in [2.24, 2.45) is 0 Å². The Morgan fingerprint density at radius 1 is 1.13 bits per heavy atom. The fourth-order valence-corrected chi connectivity index (χ4v) is 2.77. The normalized spacial score (nSPS) is 15.4. The van der Waals surface area contributed by atoms with Crippen molar-refractivity contribution in [1.82, 2.24) is 19.9 Å². The summed E-state index contributed by atoms with van der Waals surface area (Å²) in [6.07, 6.45) is 5.76. The molecule has 2 aromatic heterocycles. The topological polar surface area (TPSA) is 62.2 Å². The van der Waals surface area contributed by atoms with Gasteiger partial charge in [-0.1, -0.05) is 11.6 Å². The molecule has 0 saturated carbocycles. The molecule has 1 saturated heterocycles. The average Bonchev–Trinajstić information content (AvgIpc) is 2.81. The van der Waals surface area contributed by atoms with Crippen molar-refractivity contribution in [2.45, 2.75) is 13.3 Å². The van der Waals surface area contributed by atoms with Gasteiger partial charge in [-0.3, -0.25) is 9.78 Å². The second-order valence-corrected chi connectivity index (χ2v) is 5.91. The minimum Gasteiger partial charge on any atom is -0.339 e. The zero-order valence-corrected chi connectivity index (χ0v) is 13.7. The molecule has 2 aromatic rings. The molecule has 1 aliphatic rings. The third-order valence-electron chi connectivity index (χ3n) is 3.91. The monoisotopic (exact) mass is 331 g/mol. The van der Waals surface area contributed by atoms with Crippen LogP contribution in [0, 0.1) is 6.92 Å². The van der Waals surface area contributed by atoms with Gasteiger partial charge in [0.05, 0.1) is 23.0 Å². The molecule has 6 nitrogen and oxygen atoms in total. The number of amides is 1. The molecular formula is C16H18ClN5O. The van der Waals surface area contributed by atoms with Gasteiger partial charge in [0.2, 0.25) is 5.95 Å². The molecular weight excluding hydrogens is 314 g/mol. The molecule has 0 aromatic carbocycles. The summed E-state index contributed by atoms with van der Waals surface area (Å²) in [6.45, 7) is 4.74. The van der Waals surface area contributed by atoms with E-state index in [2.05, 4.69) is 19.9 Å². The SMILES string of the molecule is Cc1ncccc1C(=O)N1CCCN(c2ncc(Cl)cn2)CC1. The molecule has 120 valence electrons. The zero-order valence-electron chi connectivity index (χ0n) is 12.9. The third kappa shape index (κ3) is 3.59. The van der Waals surface area contributed by atoms with Crippen molar-refractivity contribution in [2.75, 3.05) is 31.1 Å². The van der Waals surface area contributed by atoms with E-state index < -0.39 is 0 Å². The molecule has 1 fully saturated rings. The molecule has 0 radical (unpaired) electrons. The van der Waals surface area contributed by atoms with Crippen LogP contribution < -0.4 is 4.90 Å². The maximum absolute atomic E-state index is 12.7. The first-order valence-electron chi connectivity index (χ1n) is 7.58. The average molecular weight is 332 g/mol. The summed E-state index contributed by atoms with van der Waals surface area (Å²) in [4.78, 5) is 29.3. The summed E-state index contributed by atoms with van der Waals surface area (Å²) in [7, 11) is 0. The minimum atomic E-state index is 0.0366. The number of carbonyl (C=O) groups excluding carboxylic acids is 1. The highest BCUT2D eigenvalue weighted by Crippen LogP contribution is 2.15. The van der Waals surface area contributed by atoms with Gasteiger partial charge in [-0.05, 0) is 25.5 Å². The van der Waals surface area contributed by atoms with Crippen LogP contribution in [0.15, 0.2) is 30.7 Å². The number of carbonyl (C=O) groups is 1. The predicted octanol–water partition coefficient (Wildman–Crippen LogP) is 2.19. The fourth-order valence-electron chi connectivity index (χ4n) is 2.67. The van der Waals surface area contributed by atoms with Crippen molar-refractivity contribution < 1.29 is 4.79 Å². The van der Waals surface area contributed by atoms with E-state index >= 15 is 0 Å². The number of aromatic nitrogens is 3. The van der Waals surface area contributed by atoms with E-state index in [0.29, 0.717) is 29.6 Å². The standard InChI is InChI=1S/C16H18ClN5O/c1-12-14(4-2-5-18-12)15(23)21-6-3-7-22(9-8-21)16-19-10-13(17)11-20-16/h2,4-5,10-11H,3,6-9H2,1H3. The van der Waals surface area contributed by atoms with E-state index in [1.54, 1.807) is 24.7 Å². The number of hydrogen-bond acceptors (Lipinski definition) is 5. The third-order valence-corrected chi connectivity index (χ3v) is 4.11. The van der Waals surface area contributed by atoms with Crippen LogP contribution in [0.1, 0.15) is 22.5 Å². The molecule has 1 amide bonds. The molecule has 1 aliphatic heterocycles. The Bertz CT molecular complexity index is 691. The lowest BCUT2D eigenvalue weighted by atomic mass is 10.2. The Balaban J connectivity index is 1.70. The van der Waals surface area contributed by atoms with Gasteiger partial charge < -0.3 is 9.80 Å². The molecule has 0 atom stereocenters. The van der Waals surface area contributed by atoms with Crippen molar-refractivity contribution in [3.63, 3.8) is 0 Å². The first kappa shape index (κ1) is 15.7. The first-order valence-corrected chi connectivity index (χ1v) is 7.96. The second-order valence-electron chi connectivity index (χ2n) is 5.47. The highest BCUT2D eigenvalue weighted by molar-refractivity contribution is 6.30. The van der Waals surface area contributed by atoms with Gasteiger partial charge in [0.15, 0.2) is 0 Å². The number of halogens is 1. The lowest BCUT2D eigenvalue weighted by Crippen LogP contribution is -2.36. The van der Waals surface area contributed by atoms with Crippen LogP contribution in [-0.4, -0.2) is 51.9 Å². The Hall–Kier alpha value is -2.21. The van der Waals surface area contributed by atoms with Crippen LogP contribution in [0.2, 0.25) is 5.02 Å². The van der Waals surface area contributed by atoms with Gasteiger partial charge in [0.1, 0.15) is 0 Å². The van der Waals surface area contributed by atoms with Gasteiger partial charge in [0.25, 0.3) is 5.91 Å². The summed E-state index contributed by atoms with van der Waals surface area (Å²) < 4.78 is 0. The molecule has 0 unspecified atom stereocenters.